The third-order valence-corrected chi connectivity index (χ3v) is 7.62. The van der Waals surface area contributed by atoms with Crippen molar-refractivity contribution in [1.29, 1.82) is 0 Å². The van der Waals surface area contributed by atoms with Crippen LogP contribution in [-0.4, -0.2) is 0 Å². The van der Waals surface area contributed by atoms with Crippen molar-refractivity contribution < 1.29 is 39.9 Å². The lowest BCUT2D eigenvalue weighted by Gasteiger charge is -2.20. The van der Waals surface area contributed by atoms with E-state index >= 15 is 8.78 Å². The molecule has 0 bridgehead atoms. The van der Waals surface area contributed by atoms with Crippen LogP contribution in [0, 0.1) is 17.5 Å². The lowest BCUT2D eigenvalue weighted by Crippen LogP contribution is -2.25. The number of unbranched alkanes of at least 4 members (excludes halogenated alkanes) is 2. The molecule has 0 aliphatic rings. The average molecular weight is 641 g/mol. The minimum Gasteiger partial charge on any atom is -0.429 e. The average Bonchev–Trinajstić information content (AvgIpc) is 3.01. The Hall–Kier alpha value is -4.66. The SMILES string of the molecule is CCCCCc1ccc(-c2cc(F)c(C(F)(F)Oc3ccc(-c4ccc(-c5ccc(C(F)(F)F)cc5)c(F)c4)cc3)c(F)c2)cc1. The van der Waals surface area contributed by atoms with Gasteiger partial charge in [-0.2, -0.15) is 22.0 Å². The number of hydrogen-bond donors (Lipinski definition) is 0. The monoisotopic (exact) mass is 640 g/mol. The fraction of sp³-hybridized carbons (Fsp3) is 0.189. The highest BCUT2D eigenvalue weighted by Crippen LogP contribution is 2.38. The van der Waals surface area contributed by atoms with Crippen LogP contribution < -0.4 is 4.74 Å². The Morgan fingerprint density at radius 1 is 0.543 bits per heavy atom. The first-order chi connectivity index (χ1) is 21.9. The molecule has 0 saturated heterocycles. The second-order valence-corrected chi connectivity index (χ2v) is 10.9. The van der Waals surface area contributed by atoms with Crippen molar-refractivity contribution in [3.8, 4) is 39.1 Å². The molecule has 0 aliphatic carbocycles. The highest BCUT2D eigenvalue weighted by molar-refractivity contribution is 5.71. The van der Waals surface area contributed by atoms with Gasteiger partial charge in [0.2, 0.25) is 0 Å². The van der Waals surface area contributed by atoms with E-state index in [0.717, 1.165) is 73.7 Å². The normalized spacial score (nSPS) is 11.9. The smallest absolute Gasteiger partial charge is 0.429 e. The van der Waals surface area contributed by atoms with E-state index in [4.69, 9.17) is 4.74 Å². The van der Waals surface area contributed by atoms with Crippen molar-refractivity contribution >= 4 is 0 Å². The first kappa shape index (κ1) is 32.7. The minimum atomic E-state index is -4.52. The summed E-state index contributed by atoms with van der Waals surface area (Å²) in [5.41, 5.74) is 0.348. The van der Waals surface area contributed by atoms with Crippen LogP contribution in [0.4, 0.5) is 35.1 Å². The van der Waals surface area contributed by atoms with Crippen LogP contribution in [0.3, 0.4) is 0 Å². The van der Waals surface area contributed by atoms with Crippen molar-refractivity contribution in [2.75, 3.05) is 0 Å². The van der Waals surface area contributed by atoms with Crippen LogP contribution in [0.15, 0.2) is 103 Å². The molecule has 0 saturated carbocycles. The molecular weight excluding hydrogens is 612 g/mol. The van der Waals surface area contributed by atoms with Gasteiger partial charge in [0, 0.05) is 5.56 Å². The van der Waals surface area contributed by atoms with E-state index in [1.54, 1.807) is 12.1 Å². The van der Waals surface area contributed by atoms with E-state index < -0.39 is 46.6 Å². The largest absolute Gasteiger partial charge is 0.432 e. The van der Waals surface area contributed by atoms with E-state index in [1.165, 1.54) is 36.4 Å². The summed E-state index contributed by atoms with van der Waals surface area (Å²) in [6, 6.07) is 21.9. The van der Waals surface area contributed by atoms with Gasteiger partial charge in [-0.1, -0.05) is 80.4 Å². The molecular formula is C37H28F8O. The van der Waals surface area contributed by atoms with Crippen LogP contribution in [-0.2, 0) is 18.7 Å². The second-order valence-electron chi connectivity index (χ2n) is 10.9. The Labute approximate surface area is 261 Å². The Morgan fingerprint density at radius 3 is 1.63 bits per heavy atom. The summed E-state index contributed by atoms with van der Waals surface area (Å²) < 4.78 is 118. The Bertz CT molecular complexity index is 1770. The fourth-order valence-corrected chi connectivity index (χ4v) is 5.14. The molecule has 0 unspecified atom stereocenters. The maximum absolute atomic E-state index is 15.1. The van der Waals surface area contributed by atoms with Gasteiger partial charge in [-0.25, -0.2) is 13.2 Å². The summed E-state index contributed by atoms with van der Waals surface area (Å²) in [5, 5.41) is 0. The van der Waals surface area contributed by atoms with Crippen molar-refractivity contribution in [3.63, 3.8) is 0 Å². The molecule has 5 rings (SSSR count). The maximum Gasteiger partial charge on any atom is 0.432 e. The molecule has 0 radical (unpaired) electrons. The Morgan fingerprint density at radius 2 is 1.07 bits per heavy atom. The predicted molar refractivity (Wildman–Crippen MR) is 162 cm³/mol. The zero-order valence-electron chi connectivity index (χ0n) is 24.6. The van der Waals surface area contributed by atoms with E-state index in [2.05, 4.69) is 6.92 Å². The number of hydrogen-bond acceptors (Lipinski definition) is 1. The number of halogens is 8. The topological polar surface area (TPSA) is 9.23 Å². The van der Waals surface area contributed by atoms with Crippen LogP contribution in [0.1, 0.15) is 42.9 Å². The van der Waals surface area contributed by atoms with Gasteiger partial charge in [0.1, 0.15) is 28.8 Å². The second kappa shape index (κ2) is 13.4. The molecule has 0 spiro atoms. The van der Waals surface area contributed by atoms with Crippen LogP contribution >= 0.6 is 0 Å². The van der Waals surface area contributed by atoms with Crippen LogP contribution in [0.5, 0.6) is 5.75 Å². The van der Waals surface area contributed by atoms with Gasteiger partial charge < -0.3 is 4.74 Å². The van der Waals surface area contributed by atoms with Crippen molar-refractivity contribution in [3.05, 3.63) is 137 Å². The molecule has 0 aromatic heterocycles. The molecule has 5 aromatic rings. The molecule has 0 amide bonds. The van der Waals surface area contributed by atoms with E-state index in [-0.39, 0.29) is 16.7 Å². The highest BCUT2D eigenvalue weighted by atomic mass is 19.4. The number of alkyl halides is 5. The molecule has 238 valence electrons. The zero-order chi connectivity index (χ0) is 33.1. The molecule has 46 heavy (non-hydrogen) atoms. The summed E-state index contributed by atoms with van der Waals surface area (Å²) in [7, 11) is 0. The van der Waals surface area contributed by atoms with Gasteiger partial charge >= 0.3 is 12.3 Å². The van der Waals surface area contributed by atoms with E-state index in [0.29, 0.717) is 16.7 Å². The summed E-state index contributed by atoms with van der Waals surface area (Å²) in [4.78, 5) is 0. The summed E-state index contributed by atoms with van der Waals surface area (Å²) >= 11 is 0. The van der Waals surface area contributed by atoms with E-state index in [1.807, 2.05) is 12.1 Å². The van der Waals surface area contributed by atoms with Gasteiger partial charge in [-0.05, 0) is 88.7 Å². The lowest BCUT2D eigenvalue weighted by molar-refractivity contribution is -0.189. The molecule has 0 N–H and O–H groups in total. The first-order valence-corrected chi connectivity index (χ1v) is 14.6. The lowest BCUT2D eigenvalue weighted by atomic mass is 9.99. The molecule has 9 heteroatoms. The van der Waals surface area contributed by atoms with Gasteiger partial charge in [-0.15, -0.1) is 0 Å². The molecule has 5 aromatic carbocycles. The maximum atomic E-state index is 15.1. The summed E-state index contributed by atoms with van der Waals surface area (Å²) in [6.45, 7) is 2.10. The van der Waals surface area contributed by atoms with Gasteiger partial charge in [-0.3, -0.25) is 0 Å². The Kier molecular flexibility index (Phi) is 9.51. The summed E-state index contributed by atoms with van der Waals surface area (Å²) in [5.74, 6) is -4.03. The molecule has 0 atom stereocenters. The molecule has 0 heterocycles. The standard InChI is InChI=1S/C37H28F8O/c1-2-3-4-5-23-6-8-25(9-7-23)28-21-33(39)35(34(40)22-28)37(44,45)46-30-17-12-24(13-18-30)27-14-19-31(32(38)20-27)26-10-15-29(16-11-26)36(41,42)43/h6-22H,2-5H2,1H3. The molecule has 0 fully saturated rings. The zero-order valence-corrected chi connectivity index (χ0v) is 24.6. The van der Waals surface area contributed by atoms with Gasteiger partial charge in [0.15, 0.2) is 0 Å². The van der Waals surface area contributed by atoms with E-state index in [9.17, 15) is 26.3 Å². The third kappa shape index (κ3) is 7.41. The predicted octanol–water partition coefficient (Wildman–Crippen LogP) is 12.0. The summed E-state index contributed by atoms with van der Waals surface area (Å²) in [6.07, 6.45) is -4.81. The molecule has 0 aliphatic heterocycles. The fourth-order valence-electron chi connectivity index (χ4n) is 5.14. The number of rotatable bonds is 10. The first-order valence-electron chi connectivity index (χ1n) is 14.6. The van der Waals surface area contributed by atoms with Crippen molar-refractivity contribution in [2.45, 2.75) is 44.9 Å². The van der Waals surface area contributed by atoms with Crippen LogP contribution in [0.2, 0.25) is 0 Å². The Balaban J connectivity index is 1.29. The third-order valence-electron chi connectivity index (χ3n) is 7.62. The minimum absolute atomic E-state index is 0.0755. The number of aryl methyl sites for hydroxylation is 1. The van der Waals surface area contributed by atoms with Gasteiger partial charge in [0.25, 0.3) is 0 Å². The number of ether oxygens (including phenoxy) is 1. The van der Waals surface area contributed by atoms with Gasteiger partial charge in [0.05, 0.1) is 5.56 Å². The quantitative estimate of drug-likeness (QED) is 0.109. The number of benzene rings is 5. The van der Waals surface area contributed by atoms with Crippen molar-refractivity contribution in [2.24, 2.45) is 0 Å². The molecule has 1 nitrogen and oxygen atoms in total. The van der Waals surface area contributed by atoms with Crippen LogP contribution in [0.25, 0.3) is 33.4 Å². The van der Waals surface area contributed by atoms with Crippen molar-refractivity contribution in [1.82, 2.24) is 0 Å². The highest BCUT2D eigenvalue weighted by Gasteiger charge is 2.41.